The van der Waals surface area contributed by atoms with Gasteiger partial charge in [-0.1, -0.05) is 19.9 Å². The lowest BCUT2D eigenvalue weighted by Crippen LogP contribution is -2.16. The van der Waals surface area contributed by atoms with Crippen LogP contribution in [0.2, 0.25) is 0 Å². The maximum absolute atomic E-state index is 5.88. The molecule has 112 valence electrons. The van der Waals surface area contributed by atoms with Gasteiger partial charge in [-0.3, -0.25) is 0 Å². The number of hydrogen-bond acceptors (Lipinski definition) is 4. The molecule has 2 aromatic rings. The molecule has 1 saturated carbocycles. The number of aromatic nitrogens is 1. The predicted molar refractivity (Wildman–Crippen MR) is 86.8 cm³/mol. The highest BCUT2D eigenvalue weighted by atomic mass is 32.1. The topological polar surface area (TPSA) is 34.1 Å². The molecule has 21 heavy (non-hydrogen) atoms. The largest absolute Gasteiger partial charge is 0.472 e. The lowest BCUT2D eigenvalue weighted by Gasteiger charge is -2.12. The fraction of sp³-hybridized carbons (Fsp3) is 0.471. The summed E-state index contributed by atoms with van der Waals surface area (Å²) in [7, 11) is 0. The van der Waals surface area contributed by atoms with E-state index in [4.69, 9.17) is 4.74 Å². The Morgan fingerprint density at radius 1 is 1.38 bits per heavy atom. The molecule has 2 aromatic heterocycles. The highest BCUT2D eigenvalue weighted by Crippen LogP contribution is 2.23. The third-order valence-electron chi connectivity index (χ3n) is 3.59. The molecule has 1 aliphatic rings. The summed E-state index contributed by atoms with van der Waals surface area (Å²) < 4.78 is 5.88. The molecule has 2 heterocycles. The van der Waals surface area contributed by atoms with Crippen LogP contribution in [0.5, 0.6) is 5.88 Å². The van der Waals surface area contributed by atoms with Crippen LogP contribution in [0.15, 0.2) is 29.6 Å². The van der Waals surface area contributed by atoms with Gasteiger partial charge in [0.05, 0.1) is 0 Å². The summed E-state index contributed by atoms with van der Waals surface area (Å²) in [5.74, 6) is 1.15. The zero-order valence-electron chi connectivity index (χ0n) is 12.6. The van der Waals surface area contributed by atoms with E-state index in [0.717, 1.165) is 24.2 Å². The van der Waals surface area contributed by atoms with Crippen molar-refractivity contribution in [1.82, 2.24) is 10.3 Å². The molecular weight excluding hydrogens is 280 g/mol. The number of ether oxygens (including phenoxy) is 1. The van der Waals surface area contributed by atoms with Gasteiger partial charge in [0.2, 0.25) is 5.88 Å². The molecule has 0 bridgehead atoms. The summed E-state index contributed by atoms with van der Waals surface area (Å²) in [6, 6.07) is 9.11. The van der Waals surface area contributed by atoms with Gasteiger partial charge in [0, 0.05) is 29.2 Å². The number of thiophene rings is 1. The molecule has 0 saturated heterocycles. The van der Waals surface area contributed by atoms with E-state index in [1.807, 2.05) is 6.07 Å². The van der Waals surface area contributed by atoms with Gasteiger partial charge in [0.25, 0.3) is 0 Å². The number of pyridine rings is 1. The number of nitrogens with one attached hydrogen (secondary N) is 1. The Morgan fingerprint density at radius 3 is 2.90 bits per heavy atom. The third kappa shape index (κ3) is 4.29. The molecule has 0 aliphatic heterocycles. The minimum Gasteiger partial charge on any atom is -0.472 e. The number of nitrogens with zero attached hydrogens (tertiary/aromatic N) is 1. The summed E-state index contributed by atoms with van der Waals surface area (Å²) in [5, 5.41) is 5.63. The maximum Gasteiger partial charge on any atom is 0.214 e. The van der Waals surface area contributed by atoms with E-state index < -0.39 is 0 Å². The van der Waals surface area contributed by atoms with Crippen molar-refractivity contribution < 1.29 is 4.74 Å². The van der Waals surface area contributed by atoms with Crippen LogP contribution in [-0.4, -0.2) is 11.0 Å². The van der Waals surface area contributed by atoms with Gasteiger partial charge < -0.3 is 10.1 Å². The highest BCUT2D eigenvalue weighted by molar-refractivity contribution is 7.09. The maximum atomic E-state index is 5.88. The Kier molecular flexibility index (Phi) is 4.56. The van der Waals surface area contributed by atoms with E-state index in [2.05, 4.69) is 47.7 Å². The SMILES string of the molecule is CC(C)c1cc(CNC2CC2)cc(OCc2cccs2)n1. The number of rotatable bonds is 7. The van der Waals surface area contributed by atoms with Crippen molar-refractivity contribution in [3.8, 4) is 5.88 Å². The van der Waals surface area contributed by atoms with Crippen molar-refractivity contribution >= 4 is 11.3 Å². The molecule has 1 N–H and O–H groups in total. The zero-order valence-corrected chi connectivity index (χ0v) is 13.5. The summed E-state index contributed by atoms with van der Waals surface area (Å²) >= 11 is 1.71. The van der Waals surface area contributed by atoms with Gasteiger partial charge >= 0.3 is 0 Å². The summed E-state index contributed by atoms with van der Waals surface area (Å²) in [5.41, 5.74) is 2.37. The smallest absolute Gasteiger partial charge is 0.214 e. The second-order valence-corrected chi connectivity index (χ2v) is 6.95. The molecule has 0 atom stereocenters. The Balaban J connectivity index is 1.70. The van der Waals surface area contributed by atoms with Crippen molar-refractivity contribution in [3.05, 3.63) is 45.8 Å². The minimum atomic E-state index is 0.412. The van der Waals surface area contributed by atoms with Crippen LogP contribution in [-0.2, 0) is 13.2 Å². The van der Waals surface area contributed by atoms with E-state index in [-0.39, 0.29) is 0 Å². The second kappa shape index (κ2) is 6.58. The first kappa shape index (κ1) is 14.5. The van der Waals surface area contributed by atoms with Crippen LogP contribution in [0.25, 0.3) is 0 Å². The van der Waals surface area contributed by atoms with Gasteiger partial charge in [-0.2, -0.15) is 0 Å². The average Bonchev–Trinajstić information content (AvgIpc) is 3.16. The van der Waals surface area contributed by atoms with Gasteiger partial charge in [0.15, 0.2) is 0 Å². The zero-order chi connectivity index (χ0) is 14.7. The fourth-order valence-corrected chi connectivity index (χ4v) is 2.76. The van der Waals surface area contributed by atoms with E-state index in [1.165, 1.54) is 23.3 Å². The molecule has 3 rings (SSSR count). The Morgan fingerprint density at radius 2 is 2.24 bits per heavy atom. The van der Waals surface area contributed by atoms with Crippen molar-refractivity contribution in [2.75, 3.05) is 0 Å². The van der Waals surface area contributed by atoms with Crippen LogP contribution in [0, 0.1) is 0 Å². The van der Waals surface area contributed by atoms with Crippen LogP contribution in [0.1, 0.15) is 48.7 Å². The molecule has 0 radical (unpaired) electrons. The molecular formula is C17H22N2OS. The van der Waals surface area contributed by atoms with Crippen molar-refractivity contribution in [2.45, 2.75) is 51.8 Å². The fourth-order valence-electron chi connectivity index (χ4n) is 2.14. The second-order valence-electron chi connectivity index (χ2n) is 5.92. The quantitative estimate of drug-likeness (QED) is 0.836. The van der Waals surface area contributed by atoms with E-state index in [0.29, 0.717) is 12.5 Å². The molecule has 0 unspecified atom stereocenters. The Labute approximate surface area is 130 Å². The van der Waals surface area contributed by atoms with Crippen LogP contribution < -0.4 is 10.1 Å². The normalized spacial score (nSPS) is 14.6. The Bertz CT molecular complexity index is 576. The summed E-state index contributed by atoms with van der Waals surface area (Å²) in [4.78, 5) is 5.86. The lowest BCUT2D eigenvalue weighted by atomic mass is 10.1. The Hall–Kier alpha value is -1.39. The van der Waals surface area contributed by atoms with Crippen LogP contribution in [0.3, 0.4) is 0 Å². The third-order valence-corrected chi connectivity index (χ3v) is 4.44. The minimum absolute atomic E-state index is 0.412. The summed E-state index contributed by atoms with van der Waals surface area (Å²) in [6.07, 6.45) is 2.62. The van der Waals surface area contributed by atoms with Crippen molar-refractivity contribution in [1.29, 1.82) is 0 Å². The molecule has 3 nitrogen and oxygen atoms in total. The molecule has 4 heteroatoms. The summed E-state index contributed by atoms with van der Waals surface area (Å²) in [6.45, 7) is 5.84. The van der Waals surface area contributed by atoms with E-state index in [1.54, 1.807) is 11.3 Å². The predicted octanol–water partition coefficient (Wildman–Crippen LogP) is 4.10. The first-order valence-electron chi connectivity index (χ1n) is 7.60. The first-order valence-corrected chi connectivity index (χ1v) is 8.48. The van der Waals surface area contributed by atoms with Crippen molar-refractivity contribution in [3.63, 3.8) is 0 Å². The average molecular weight is 302 g/mol. The first-order chi connectivity index (χ1) is 10.2. The van der Waals surface area contributed by atoms with E-state index in [9.17, 15) is 0 Å². The number of hydrogen-bond donors (Lipinski definition) is 1. The monoisotopic (exact) mass is 302 g/mol. The van der Waals surface area contributed by atoms with Gasteiger partial charge in [-0.25, -0.2) is 4.98 Å². The molecule has 1 aliphatic carbocycles. The van der Waals surface area contributed by atoms with Crippen LogP contribution >= 0.6 is 11.3 Å². The van der Waals surface area contributed by atoms with Gasteiger partial charge in [-0.15, -0.1) is 11.3 Å². The highest BCUT2D eigenvalue weighted by Gasteiger charge is 2.20. The van der Waals surface area contributed by atoms with Crippen molar-refractivity contribution in [2.24, 2.45) is 0 Å². The molecule has 1 fully saturated rings. The van der Waals surface area contributed by atoms with E-state index >= 15 is 0 Å². The van der Waals surface area contributed by atoms with Crippen LogP contribution in [0.4, 0.5) is 0 Å². The lowest BCUT2D eigenvalue weighted by molar-refractivity contribution is 0.295. The standard InChI is InChI=1S/C17H22N2OS/c1-12(2)16-8-13(10-18-14-5-6-14)9-17(19-16)20-11-15-4-3-7-21-15/h3-4,7-9,12,14,18H,5-6,10-11H2,1-2H3. The van der Waals surface area contributed by atoms with Gasteiger partial charge in [0.1, 0.15) is 6.61 Å². The molecule has 0 spiro atoms. The van der Waals surface area contributed by atoms with Gasteiger partial charge in [-0.05, 0) is 41.8 Å². The molecule has 0 aromatic carbocycles. The molecule has 0 amide bonds.